The number of nitrogens with zero attached hydrogens (tertiary/aromatic N) is 5. The predicted octanol–water partition coefficient (Wildman–Crippen LogP) is 8.35. The summed E-state index contributed by atoms with van der Waals surface area (Å²) in [6.45, 7) is 1.95. The summed E-state index contributed by atoms with van der Waals surface area (Å²) in [5, 5.41) is 24.3. The maximum absolute atomic E-state index is 8.85. The van der Waals surface area contributed by atoms with Crippen molar-refractivity contribution in [2.24, 2.45) is 9.98 Å². The summed E-state index contributed by atoms with van der Waals surface area (Å²) >= 11 is 0. The van der Waals surface area contributed by atoms with Gasteiger partial charge in [0.15, 0.2) is 23.3 Å². The maximum atomic E-state index is 8.85. The number of benzene rings is 4. The molecular weight excluding hydrogens is 683 g/mol. The van der Waals surface area contributed by atoms with Gasteiger partial charge < -0.3 is 26.6 Å². The number of amidine groups is 2. The number of terminal acetylenes is 1. The molecule has 0 unspecified atom stereocenters. The Kier molecular flexibility index (Phi) is 17.7. The van der Waals surface area contributed by atoms with Crippen molar-refractivity contribution in [1.82, 2.24) is 20.3 Å². The molecule has 0 spiro atoms. The number of hydrogen-bond acceptors (Lipinski definition) is 9. The Labute approximate surface area is 325 Å². The average molecular weight is 734 g/mol. The van der Waals surface area contributed by atoms with Crippen LogP contribution in [0.1, 0.15) is 30.3 Å². The van der Waals surface area contributed by atoms with Crippen molar-refractivity contribution in [3.05, 3.63) is 132 Å². The van der Waals surface area contributed by atoms with Gasteiger partial charge in [-0.2, -0.15) is 0 Å². The zero-order chi connectivity index (χ0) is 40.0. The molecule has 0 radical (unpaired) electrons. The second-order valence-electron chi connectivity index (χ2n) is 11.7. The molecule has 0 bridgehead atoms. The molecule has 0 aliphatic rings. The lowest BCUT2D eigenvalue weighted by molar-refractivity contribution is 1.02. The first-order valence-electron chi connectivity index (χ1n) is 17.7. The van der Waals surface area contributed by atoms with E-state index >= 15 is 0 Å². The lowest BCUT2D eigenvalue weighted by atomic mass is 10.1. The zero-order valence-corrected chi connectivity index (χ0v) is 32.6. The molecular formula is C44H51N11. The molecule has 0 saturated carbocycles. The van der Waals surface area contributed by atoms with Gasteiger partial charge in [0, 0.05) is 85.8 Å². The van der Waals surface area contributed by atoms with Crippen molar-refractivity contribution in [3.8, 4) is 35.6 Å². The topological polar surface area (TPSA) is 147 Å². The van der Waals surface area contributed by atoms with Gasteiger partial charge in [0.1, 0.15) is 5.84 Å². The minimum atomic E-state index is 0.109. The highest BCUT2D eigenvalue weighted by atomic mass is 15.0. The average Bonchev–Trinajstić information content (AvgIpc) is 3.24. The summed E-state index contributed by atoms with van der Waals surface area (Å²) in [5.74, 6) is 2.18. The van der Waals surface area contributed by atoms with E-state index in [4.69, 9.17) is 30.3 Å². The summed E-state index contributed by atoms with van der Waals surface area (Å²) in [6, 6.07) is 31.5. The standard InChI is InChI=1S/C40H42N10.C2H7N.C2H2/c1-6-11-28(38-48-39(30-14-9-18-34(24-30)44-4)50-40(49-38)31-15-10-19-35(25-31)45-5)20-21-36(46-26-27-12-7-16-32(22-27)42-2)47-37(41)29-13-8-17-33(23-29)43-3;1-3-2;1-2/h6-20,22-26,41-45H,21H2,1-5H3;3H,1-2H3;1-2H/b11-6-,28-20+,41-37?,46-26?,47-36?;;. The molecule has 5 aromatic rings. The number of aliphatic imine (C=N–C) groups is 2. The highest BCUT2D eigenvalue weighted by molar-refractivity contribution is 6.08. The number of aromatic nitrogens is 3. The van der Waals surface area contributed by atoms with E-state index in [1.165, 1.54) is 0 Å². The van der Waals surface area contributed by atoms with Crippen molar-refractivity contribution < 1.29 is 0 Å². The Morgan fingerprint density at radius 2 is 1.16 bits per heavy atom. The number of allylic oxidation sites excluding steroid dienone is 3. The number of hydrogen-bond donors (Lipinski definition) is 6. The van der Waals surface area contributed by atoms with Gasteiger partial charge in [-0.3, -0.25) is 5.41 Å². The molecule has 0 fully saturated rings. The smallest absolute Gasteiger partial charge is 0.164 e. The Hall–Kier alpha value is -6.90. The first kappa shape index (κ1) is 42.5. The fourth-order valence-corrected chi connectivity index (χ4v) is 5.07. The van der Waals surface area contributed by atoms with Crippen LogP contribution in [0.15, 0.2) is 125 Å². The van der Waals surface area contributed by atoms with Crippen LogP contribution in [0.3, 0.4) is 0 Å². The van der Waals surface area contributed by atoms with Crippen LogP contribution >= 0.6 is 0 Å². The van der Waals surface area contributed by atoms with E-state index in [0.29, 0.717) is 35.3 Å². The minimum absolute atomic E-state index is 0.109. The molecule has 1 heterocycles. The second kappa shape index (κ2) is 22.9. The molecule has 0 aliphatic carbocycles. The molecule has 0 saturated heterocycles. The molecule has 0 atom stereocenters. The van der Waals surface area contributed by atoms with Crippen LogP contribution in [0.5, 0.6) is 0 Å². The zero-order valence-electron chi connectivity index (χ0n) is 32.6. The summed E-state index contributed by atoms with van der Waals surface area (Å²) in [5.41, 5.74) is 7.86. The quantitative estimate of drug-likeness (QED) is 0.0325. The first-order valence-corrected chi connectivity index (χ1v) is 17.7. The highest BCUT2D eigenvalue weighted by Crippen LogP contribution is 2.27. The van der Waals surface area contributed by atoms with Crippen LogP contribution in [0.25, 0.3) is 28.3 Å². The Morgan fingerprint density at radius 1 is 0.673 bits per heavy atom. The third kappa shape index (κ3) is 12.9. The van der Waals surface area contributed by atoms with Gasteiger partial charge in [-0.1, -0.05) is 66.8 Å². The molecule has 6 N–H and O–H groups in total. The van der Waals surface area contributed by atoms with Gasteiger partial charge in [-0.15, -0.1) is 12.8 Å². The SMILES string of the molecule is C#C.C/C=C\C(=C/CC(N=Cc1cccc(NC)c1)=NC(=N)c1cccc(NC)c1)c1nc(-c2cccc(NC)c2)nc(-c2cccc(NC)c2)n1.CNC. The maximum Gasteiger partial charge on any atom is 0.164 e. The lowest BCUT2D eigenvalue weighted by Gasteiger charge is -2.11. The second-order valence-corrected chi connectivity index (χ2v) is 11.7. The highest BCUT2D eigenvalue weighted by Gasteiger charge is 2.14. The van der Waals surface area contributed by atoms with Gasteiger partial charge >= 0.3 is 0 Å². The van der Waals surface area contributed by atoms with Crippen molar-refractivity contribution >= 4 is 46.2 Å². The molecule has 11 heteroatoms. The van der Waals surface area contributed by atoms with Gasteiger partial charge in [0.05, 0.1) is 0 Å². The van der Waals surface area contributed by atoms with Crippen LogP contribution in [-0.2, 0) is 0 Å². The van der Waals surface area contributed by atoms with E-state index < -0.39 is 0 Å². The van der Waals surface area contributed by atoms with E-state index in [1.54, 1.807) is 6.21 Å². The first-order chi connectivity index (χ1) is 26.8. The Bertz CT molecular complexity index is 2080. The van der Waals surface area contributed by atoms with Crippen LogP contribution in [0.2, 0.25) is 0 Å². The minimum Gasteiger partial charge on any atom is -0.388 e. The van der Waals surface area contributed by atoms with E-state index in [9.17, 15) is 0 Å². The molecule has 5 rings (SSSR count). The molecule has 0 amide bonds. The number of nitrogens with one attached hydrogen (secondary N) is 6. The van der Waals surface area contributed by atoms with Gasteiger partial charge in [0.25, 0.3) is 0 Å². The normalized spacial score (nSPS) is 11.2. The van der Waals surface area contributed by atoms with Gasteiger partial charge in [0.2, 0.25) is 0 Å². The van der Waals surface area contributed by atoms with Crippen LogP contribution < -0.4 is 26.6 Å². The molecule has 11 nitrogen and oxygen atoms in total. The van der Waals surface area contributed by atoms with Crippen LogP contribution in [-0.4, -0.2) is 75.1 Å². The van der Waals surface area contributed by atoms with Crippen molar-refractivity contribution in [2.75, 3.05) is 63.6 Å². The predicted molar refractivity (Wildman–Crippen MR) is 236 cm³/mol. The molecule has 4 aromatic carbocycles. The fourth-order valence-electron chi connectivity index (χ4n) is 5.07. The fraction of sp³-hybridized carbons (Fsp3) is 0.182. The van der Waals surface area contributed by atoms with E-state index in [0.717, 1.165) is 45.0 Å². The largest absolute Gasteiger partial charge is 0.388 e. The van der Waals surface area contributed by atoms with Gasteiger partial charge in [-0.05, 0) is 75.1 Å². The number of anilines is 4. The summed E-state index contributed by atoms with van der Waals surface area (Å²) in [6.07, 6.45) is 16.0. The van der Waals surface area contributed by atoms with E-state index in [-0.39, 0.29) is 5.84 Å². The Morgan fingerprint density at radius 3 is 1.69 bits per heavy atom. The lowest BCUT2D eigenvalue weighted by Crippen LogP contribution is -2.05. The van der Waals surface area contributed by atoms with Crippen LogP contribution in [0.4, 0.5) is 22.7 Å². The van der Waals surface area contributed by atoms with Crippen molar-refractivity contribution in [2.45, 2.75) is 13.3 Å². The third-order valence-electron chi connectivity index (χ3n) is 7.77. The number of rotatable bonds is 12. The van der Waals surface area contributed by atoms with Crippen molar-refractivity contribution in [1.29, 1.82) is 5.41 Å². The molecule has 1 aromatic heterocycles. The molecule has 55 heavy (non-hydrogen) atoms. The molecule has 282 valence electrons. The van der Waals surface area contributed by atoms with E-state index in [2.05, 4.69) is 39.4 Å². The molecule has 0 aliphatic heterocycles. The van der Waals surface area contributed by atoms with Crippen LogP contribution in [0, 0.1) is 18.3 Å². The monoisotopic (exact) mass is 733 g/mol. The summed E-state index contributed by atoms with van der Waals surface area (Å²) in [4.78, 5) is 24.3. The van der Waals surface area contributed by atoms with Gasteiger partial charge in [-0.25, -0.2) is 24.9 Å². The Balaban J connectivity index is 0.00000155. The van der Waals surface area contributed by atoms with E-state index in [1.807, 2.05) is 164 Å². The van der Waals surface area contributed by atoms with Crippen molar-refractivity contribution in [3.63, 3.8) is 0 Å². The summed E-state index contributed by atoms with van der Waals surface area (Å²) < 4.78 is 0. The third-order valence-corrected chi connectivity index (χ3v) is 7.77. The summed E-state index contributed by atoms with van der Waals surface area (Å²) in [7, 11) is 11.2.